The maximum absolute atomic E-state index is 4.86. The molecule has 0 aliphatic carbocycles. The largest absolute Gasteiger partial charge is 0.307 e. The first-order chi connectivity index (χ1) is 14.3. The number of piperazine rings is 1. The van der Waals surface area contributed by atoms with Gasteiger partial charge in [-0.2, -0.15) is 0 Å². The SMILES string of the molecule is c1ccc(Cc2nc(CN3CCN(Cc4cn5ccccc5n4)CC3)cs2)cc1. The van der Waals surface area contributed by atoms with Crippen LogP contribution >= 0.6 is 11.3 Å². The van der Waals surface area contributed by atoms with E-state index < -0.39 is 0 Å². The van der Waals surface area contributed by atoms with Crippen molar-refractivity contribution in [1.29, 1.82) is 0 Å². The summed E-state index contributed by atoms with van der Waals surface area (Å²) in [6.07, 6.45) is 5.13. The summed E-state index contributed by atoms with van der Waals surface area (Å²) in [6.45, 7) is 6.20. The number of rotatable bonds is 6. The van der Waals surface area contributed by atoms with Crippen LogP contribution in [-0.4, -0.2) is 50.3 Å². The Bertz CT molecular complexity index is 1030. The zero-order valence-electron chi connectivity index (χ0n) is 16.4. The van der Waals surface area contributed by atoms with Crippen LogP contribution in [0.25, 0.3) is 5.65 Å². The molecule has 0 amide bonds. The minimum atomic E-state index is 0.924. The van der Waals surface area contributed by atoms with E-state index in [0.29, 0.717) is 0 Å². The van der Waals surface area contributed by atoms with Gasteiger partial charge in [-0.3, -0.25) is 9.80 Å². The Hall–Kier alpha value is -2.54. The van der Waals surface area contributed by atoms with E-state index in [4.69, 9.17) is 9.97 Å². The molecule has 0 saturated carbocycles. The van der Waals surface area contributed by atoms with Gasteiger partial charge in [0.2, 0.25) is 0 Å². The molecule has 1 fully saturated rings. The summed E-state index contributed by atoms with van der Waals surface area (Å²) in [5, 5.41) is 3.43. The molecule has 1 aliphatic rings. The molecule has 0 atom stereocenters. The third-order valence-corrected chi connectivity index (χ3v) is 6.35. The third-order valence-electron chi connectivity index (χ3n) is 5.45. The fourth-order valence-corrected chi connectivity index (χ4v) is 4.72. The van der Waals surface area contributed by atoms with Gasteiger partial charge in [-0.05, 0) is 17.7 Å². The van der Waals surface area contributed by atoms with Gasteiger partial charge in [0.25, 0.3) is 0 Å². The van der Waals surface area contributed by atoms with Gasteiger partial charge in [-0.1, -0.05) is 36.4 Å². The predicted molar refractivity (Wildman–Crippen MR) is 117 cm³/mol. The summed E-state index contributed by atoms with van der Waals surface area (Å²) >= 11 is 1.78. The average molecular weight is 404 g/mol. The Morgan fingerprint density at radius 2 is 1.52 bits per heavy atom. The van der Waals surface area contributed by atoms with Gasteiger partial charge >= 0.3 is 0 Å². The van der Waals surface area contributed by atoms with Crippen LogP contribution in [0.3, 0.4) is 0 Å². The standard InChI is InChI=1S/C23H25N5S/c1-2-6-19(7-3-1)14-23-25-21(18-29-23)16-27-12-10-26(11-13-27)15-20-17-28-9-5-4-8-22(28)24-20/h1-9,17-18H,10-16H2. The van der Waals surface area contributed by atoms with Crippen LogP contribution in [0.1, 0.15) is 22.0 Å². The van der Waals surface area contributed by atoms with E-state index >= 15 is 0 Å². The molecule has 1 saturated heterocycles. The van der Waals surface area contributed by atoms with E-state index in [0.717, 1.165) is 57.0 Å². The Balaban J connectivity index is 1.12. The number of aromatic nitrogens is 3. The van der Waals surface area contributed by atoms with Gasteiger partial charge in [0, 0.05) is 63.5 Å². The molecular weight excluding hydrogens is 378 g/mol. The highest BCUT2D eigenvalue weighted by Crippen LogP contribution is 2.17. The Morgan fingerprint density at radius 1 is 0.793 bits per heavy atom. The average Bonchev–Trinajstić information content (AvgIpc) is 3.36. The molecule has 3 aromatic heterocycles. The molecule has 148 valence electrons. The van der Waals surface area contributed by atoms with Crippen molar-refractivity contribution < 1.29 is 0 Å². The zero-order valence-corrected chi connectivity index (χ0v) is 17.3. The summed E-state index contributed by atoms with van der Waals surface area (Å²) in [7, 11) is 0. The van der Waals surface area contributed by atoms with Gasteiger partial charge in [0.15, 0.2) is 0 Å². The van der Waals surface area contributed by atoms with Crippen molar-refractivity contribution in [3.8, 4) is 0 Å². The molecule has 5 rings (SSSR count). The van der Waals surface area contributed by atoms with Crippen LogP contribution < -0.4 is 0 Å². The highest BCUT2D eigenvalue weighted by atomic mass is 32.1. The smallest absolute Gasteiger partial charge is 0.137 e. The van der Waals surface area contributed by atoms with E-state index in [-0.39, 0.29) is 0 Å². The Morgan fingerprint density at radius 3 is 2.28 bits per heavy atom. The van der Waals surface area contributed by atoms with Crippen molar-refractivity contribution in [1.82, 2.24) is 24.2 Å². The molecule has 29 heavy (non-hydrogen) atoms. The maximum Gasteiger partial charge on any atom is 0.137 e. The van der Waals surface area contributed by atoms with E-state index in [2.05, 4.69) is 68.4 Å². The lowest BCUT2D eigenvalue weighted by molar-refractivity contribution is 0.120. The fourth-order valence-electron chi connectivity index (χ4n) is 3.90. The van der Waals surface area contributed by atoms with Crippen LogP contribution in [0.5, 0.6) is 0 Å². The lowest BCUT2D eigenvalue weighted by atomic mass is 10.2. The second-order valence-corrected chi connectivity index (χ2v) is 8.59. The van der Waals surface area contributed by atoms with Crippen LogP contribution in [0.4, 0.5) is 0 Å². The normalized spacial score (nSPS) is 15.9. The van der Waals surface area contributed by atoms with Gasteiger partial charge in [-0.25, -0.2) is 9.97 Å². The van der Waals surface area contributed by atoms with E-state index in [1.165, 1.54) is 16.3 Å². The maximum atomic E-state index is 4.86. The lowest BCUT2D eigenvalue weighted by Gasteiger charge is -2.33. The number of benzene rings is 1. The van der Waals surface area contributed by atoms with Crippen molar-refractivity contribution in [2.24, 2.45) is 0 Å². The summed E-state index contributed by atoms with van der Waals surface area (Å²) in [5.74, 6) is 0. The molecule has 0 unspecified atom stereocenters. The van der Waals surface area contributed by atoms with Crippen LogP contribution in [0, 0.1) is 0 Å². The van der Waals surface area contributed by atoms with Gasteiger partial charge in [-0.15, -0.1) is 11.3 Å². The molecule has 1 aliphatic heterocycles. The summed E-state index contributed by atoms with van der Waals surface area (Å²) in [6, 6.07) is 16.7. The van der Waals surface area contributed by atoms with E-state index in [1.54, 1.807) is 11.3 Å². The van der Waals surface area contributed by atoms with Crippen molar-refractivity contribution in [3.05, 3.63) is 88.3 Å². The monoisotopic (exact) mass is 403 g/mol. The molecular formula is C23H25N5S. The van der Waals surface area contributed by atoms with Gasteiger partial charge in [0.1, 0.15) is 5.65 Å². The molecule has 1 aromatic carbocycles. The number of hydrogen-bond donors (Lipinski definition) is 0. The molecule has 0 bridgehead atoms. The highest BCUT2D eigenvalue weighted by Gasteiger charge is 2.19. The van der Waals surface area contributed by atoms with Crippen molar-refractivity contribution in [2.75, 3.05) is 26.2 Å². The first-order valence-electron chi connectivity index (χ1n) is 10.2. The Labute approximate surface area is 175 Å². The van der Waals surface area contributed by atoms with Gasteiger partial charge in [0.05, 0.1) is 16.4 Å². The zero-order chi connectivity index (χ0) is 19.5. The predicted octanol–water partition coefficient (Wildman–Crippen LogP) is 3.70. The molecule has 5 nitrogen and oxygen atoms in total. The molecule has 4 aromatic rings. The highest BCUT2D eigenvalue weighted by molar-refractivity contribution is 7.09. The topological polar surface area (TPSA) is 36.7 Å². The second-order valence-electron chi connectivity index (χ2n) is 7.65. The van der Waals surface area contributed by atoms with Crippen LogP contribution in [0.15, 0.2) is 66.3 Å². The quantitative estimate of drug-likeness (QED) is 0.492. The van der Waals surface area contributed by atoms with Crippen LogP contribution in [0.2, 0.25) is 0 Å². The first kappa shape index (κ1) is 18.5. The minimum Gasteiger partial charge on any atom is -0.307 e. The molecule has 4 heterocycles. The fraction of sp³-hybridized carbons (Fsp3) is 0.304. The third kappa shape index (κ3) is 4.56. The summed E-state index contributed by atoms with van der Waals surface area (Å²) in [4.78, 5) is 14.6. The van der Waals surface area contributed by atoms with Gasteiger partial charge < -0.3 is 4.40 Å². The molecule has 0 radical (unpaired) electrons. The molecule has 0 N–H and O–H groups in total. The number of thiazole rings is 1. The number of nitrogens with zero attached hydrogens (tertiary/aromatic N) is 5. The number of pyridine rings is 1. The minimum absolute atomic E-state index is 0.924. The Kier molecular flexibility index (Phi) is 5.39. The van der Waals surface area contributed by atoms with Crippen molar-refractivity contribution in [2.45, 2.75) is 19.5 Å². The summed E-state index contributed by atoms with van der Waals surface area (Å²) < 4.78 is 2.10. The second kappa shape index (κ2) is 8.45. The number of hydrogen-bond acceptors (Lipinski definition) is 5. The van der Waals surface area contributed by atoms with Crippen molar-refractivity contribution >= 4 is 17.0 Å². The lowest BCUT2D eigenvalue weighted by Crippen LogP contribution is -2.45. The summed E-state index contributed by atoms with van der Waals surface area (Å²) in [5.41, 5.74) is 4.70. The first-order valence-corrected chi connectivity index (χ1v) is 11.0. The molecule has 6 heteroatoms. The van der Waals surface area contributed by atoms with E-state index in [9.17, 15) is 0 Å². The molecule has 0 spiro atoms. The van der Waals surface area contributed by atoms with E-state index in [1.807, 2.05) is 12.1 Å². The van der Waals surface area contributed by atoms with Crippen molar-refractivity contribution in [3.63, 3.8) is 0 Å². The number of imidazole rings is 1. The van der Waals surface area contributed by atoms with Crippen LogP contribution in [-0.2, 0) is 19.5 Å². The number of fused-ring (bicyclic) bond motifs is 1.